The van der Waals surface area contributed by atoms with Crippen molar-refractivity contribution in [1.29, 1.82) is 0 Å². The van der Waals surface area contributed by atoms with Crippen LogP contribution in [0.2, 0.25) is 0 Å². The molecule has 1 fully saturated rings. The smallest absolute Gasteiger partial charge is 0.207 e. The second kappa shape index (κ2) is 6.62. The number of nitrogens with zero attached hydrogens (tertiary/aromatic N) is 5. The number of benzene rings is 1. The van der Waals surface area contributed by atoms with E-state index < -0.39 is 0 Å². The van der Waals surface area contributed by atoms with Gasteiger partial charge in [-0.2, -0.15) is 0 Å². The van der Waals surface area contributed by atoms with Gasteiger partial charge in [-0.15, -0.1) is 0 Å². The van der Waals surface area contributed by atoms with Gasteiger partial charge >= 0.3 is 0 Å². The third-order valence-electron chi connectivity index (χ3n) is 4.58. The molecular formula is C18H26N5+. The summed E-state index contributed by atoms with van der Waals surface area (Å²) in [5.41, 5.74) is 3.39. The molecule has 1 saturated heterocycles. The number of aromatic nitrogens is 3. The predicted molar refractivity (Wildman–Crippen MR) is 92.4 cm³/mol. The fraction of sp³-hybridized carbons (Fsp3) is 0.500. The summed E-state index contributed by atoms with van der Waals surface area (Å²) in [6.07, 6.45) is 1.82. The lowest BCUT2D eigenvalue weighted by molar-refractivity contribution is -0.822. The Hall–Kier alpha value is -2.01. The molecule has 1 aliphatic heterocycles. The molecule has 122 valence electrons. The van der Waals surface area contributed by atoms with Crippen LogP contribution in [0, 0.1) is 0 Å². The van der Waals surface area contributed by atoms with E-state index in [1.165, 1.54) is 5.69 Å². The average molecular weight is 312 g/mol. The number of anilines is 1. The maximum absolute atomic E-state index is 4.59. The first-order valence-electron chi connectivity index (χ1n) is 8.35. The molecule has 23 heavy (non-hydrogen) atoms. The van der Waals surface area contributed by atoms with Crippen molar-refractivity contribution in [1.82, 2.24) is 15.1 Å². The number of piperazine rings is 1. The molecule has 2 aromatic rings. The minimum atomic E-state index is 0.265. The Balaban J connectivity index is 1.78. The van der Waals surface area contributed by atoms with Crippen molar-refractivity contribution >= 4 is 5.69 Å². The lowest BCUT2D eigenvalue weighted by Crippen LogP contribution is -2.50. The third kappa shape index (κ3) is 3.50. The Morgan fingerprint density at radius 2 is 1.87 bits per heavy atom. The van der Waals surface area contributed by atoms with E-state index in [-0.39, 0.29) is 6.04 Å². The topological polar surface area (TPSA) is 36.1 Å². The second-order valence-corrected chi connectivity index (χ2v) is 6.65. The molecule has 5 nitrogen and oxygen atoms in total. The van der Waals surface area contributed by atoms with Crippen LogP contribution < -0.4 is 9.70 Å². The highest BCUT2D eigenvalue weighted by Gasteiger charge is 2.21. The molecule has 0 saturated carbocycles. The number of hydrogen-bond acceptors (Lipinski definition) is 4. The van der Waals surface area contributed by atoms with Crippen molar-refractivity contribution in [3.05, 3.63) is 36.5 Å². The standard InChI is InChI=1S/C18H26N5/c1-14(2)23-19-10-9-18(20-23)16-5-7-17(8-6-16)22-12-11-21(4)15(3)13-22/h5-10,14-15H,11-13H2,1-4H3/q+1. The molecule has 0 N–H and O–H groups in total. The second-order valence-electron chi connectivity index (χ2n) is 6.65. The maximum atomic E-state index is 4.59. The van der Waals surface area contributed by atoms with E-state index in [1.54, 1.807) is 4.80 Å². The van der Waals surface area contributed by atoms with Gasteiger partial charge in [0, 0.05) is 65.8 Å². The zero-order valence-electron chi connectivity index (χ0n) is 14.5. The van der Waals surface area contributed by atoms with Crippen LogP contribution in [0.25, 0.3) is 11.3 Å². The van der Waals surface area contributed by atoms with E-state index in [4.69, 9.17) is 0 Å². The summed E-state index contributed by atoms with van der Waals surface area (Å²) in [5, 5.41) is 8.86. The summed E-state index contributed by atoms with van der Waals surface area (Å²) < 4.78 is 0. The van der Waals surface area contributed by atoms with Gasteiger partial charge in [0.2, 0.25) is 6.04 Å². The van der Waals surface area contributed by atoms with Crippen molar-refractivity contribution in [2.75, 3.05) is 31.6 Å². The van der Waals surface area contributed by atoms with E-state index in [0.29, 0.717) is 6.04 Å². The van der Waals surface area contributed by atoms with Gasteiger partial charge in [0.25, 0.3) is 0 Å². The molecule has 1 unspecified atom stereocenters. The summed E-state index contributed by atoms with van der Waals surface area (Å²) in [5.74, 6) is 0. The lowest BCUT2D eigenvalue weighted by atomic mass is 10.1. The number of hydrogen-bond donors (Lipinski definition) is 0. The highest BCUT2D eigenvalue weighted by atomic mass is 15.5. The largest absolute Gasteiger partial charge is 0.369 e. The maximum Gasteiger partial charge on any atom is 0.207 e. The van der Waals surface area contributed by atoms with Crippen LogP contribution in [0.4, 0.5) is 5.69 Å². The van der Waals surface area contributed by atoms with Gasteiger partial charge in [-0.25, -0.2) is 0 Å². The first-order chi connectivity index (χ1) is 11.0. The molecule has 2 heterocycles. The molecule has 1 aromatic heterocycles. The molecule has 0 amide bonds. The Morgan fingerprint density at radius 1 is 1.13 bits per heavy atom. The lowest BCUT2D eigenvalue weighted by Gasteiger charge is -2.39. The highest BCUT2D eigenvalue weighted by Crippen LogP contribution is 2.23. The van der Waals surface area contributed by atoms with Gasteiger partial charge in [-0.1, -0.05) is 12.1 Å². The Morgan fingerprint density at radius 3 is 2.52 bits per heavy atom. The molecule has 0 spiro atoms. The van der Waals surface area contributed by atoms with Crippen LogP contribution in [-0.2, 0) is 0 Å². The van der Waals surface area contributed by atoms with Crippen LogP contribution in [0.3, 0.4) is 0 Å². The molecule has 0 aliphatic carbocycles. The quantitative estimate of drug-likeness (QED) is 0.814. The van der Waals surface area contributed by atoms with Crippen molar-refractivity contribution < 1.29 is 4.80 Å². The summed E-state index contributed by atoms with van der Waals surface area (Å²) in [6, 6.07) is 11.5. The number of rotatable bonds is 3. The minimum absolute atomic E-state index is 0.265. The van der Waals surface area contributed by atoms with Gasteiger partial charge < -0.3 is 9.80 Å². The zero-order valence-corrected chi connectivity index (χ0v) is 14.5. The van der Waals surface area contributed by atoms with Gasteiger partial charge in [0.05, 0.1) is 6.20 Å². The van der Waals surface area contributed by atoms with Crippen molar-refractivity contribution in [3.8, 4) is 11.3 Å². The summed E-state index contributed by atoms with van der Waals surface area (Å²) in [7, 11) is 2.20. The van der Waals surface area contributed by atoms with E-state index in [1.807, 2.05) is 12.3 Å². The van der Waals surface area contributed by atoms with Gasteiger partial charge in [-0.05, 0) is 32.2 Å². The Kier molecular flexibility index (Phi) is 4.57. The van der Waals surface area contributed by atoms with Gasteiger partial charge in [-0.3, -0.25) is 0 Å². The molecule has 1 aromatic carbocycles. The van der Waals surface area contributed by atoms with Crippen LogP contribution in [0.5, 0.6) is 0 Å². The first-order valence-corrected chi connectivity index (χ1v) is 8.35. The zero-order chi connectivity index (χ0) is 16.4. The Bertz CT molecular complexity index is 653. The van der Waals surface area contributed by atoms with Crippen LogP contribution in [-0.4, -0.2) is 47.8 Å². The van der Waals surface area contributed by atoms with E-state index in [0.717, 1.165) is 30.9 Å². The fourth-order valence-corrected chi connectivity index (χ4v) is 2.87. The molecule has 0 radical (unpaired) electrons. The first kappa shape index (κ1) is 15.9. The molecule has 5 heteroatoms. The monoisotopic (exact) mass is 312 g/mol. The molecule has 1 aliphatic rings. The van der Waals surface area contributed by atoms with Crippen LogP contribution in [0.15, 0.2) is 36.5 Å². The summed E-state index contributed by atoms with van der Waals surface area (Å²) >= 11 is 0. The average Bonchev–Trinajstić information content (AvgIpc) is 2.57. The molecule has 1 atom stereocenters. The van der Waals surface area contributed by atoms with Crippen molar-refractivity contribution in [2.45, 2.75) is 32.9 Å². The van der Waals surface area contributed by atoms with E-state index in [9.17, 15) is 0 Å². The van der Waals surface area contributed by atoms with E-state index in [2.05, 4.69) is 72.1 Å². The minimum Gasteiger partial charge on any atom is -0.369 e. The normalized spacial score (nSPS) is 19.3. The molecular weight excluding hydrogens is 286 g/mol. The van der Waals surface area contributed by atoms with Crippen molar-refractivity contribution in [3.63, 3.8) is 0 Å². The van der Waals surface area contributed by atoms with Gasteiger partial charge in [0.1, 0.15) is 5.69 Å². The molecule has 3 rings (SSSR count). The third-order valence-corrected chi connectivity index (χ3v) is 4.58. The fourth-order valence-electron chi connectivity index (χ4n) is 2.87. The number of likely N-dealkylation sites (N-methyl/N-ethyl adjacent to an activating group) is 1. The Labute approximate surface area is 138 Å². The van der Waals surface area contributed by atoms with Crippen LogP contribution in [0.1, 0.15) is 26.8 Å². The van der Waals surface area contributed by atoms with Gasteiger partial charge in [0.15, 0.2) is 0 Å². The highest BCUT2D eigenvalue weighted by molar-refractivity contribution is 5.62. The summed E-state index contributed by atoms with van der Waals surface area (Å²) in [6.45, 7) is 9.73. The molecule has 0 bridgehead atoms. The SMILES string of the molecule is CC1CN(c2ccc(-c3ccn[n+](C(C)C)n3)cc2)CCN1C. The van der Waals surface area contributed by atoms with E-state index >= 15 is 0 Å². The summed E-state index contributed by atoms with van der Waals surface area (Å²) in [4.78, 5) is 6.63. The van der Waals surface area contributed by atoms with Crippen molar-refractivity contribution in [2.24, 2.45) is 0 Å². The van der Waals surface area contributed by atoms with Crippen LogP contribution >= 0.6 is 0 Å². The predicted octanol–water partition coefficient (Wildman–Crippen LogP) is 2.15.